The Bertz CT molecular complexity index is 261. The maximum Gasteiger partial charge on any atom is 0.222 e. The van der Waals surface area contributed by atoms with E-state index in [1.54, 1.807) is 0 Å². The number of carbonyl (C=O) groups excluding carboxylic acids is 1. The highest BCUT2D eigenvalue weighted by Gasteiger charge is 2.27. The molecular formula is C13H25N3O. The normalized spacial score (nSPS) is 29.9. The van der Waals surface area contributed by atoms with Gasteiger partial charge in [-0.1, -0.05) is 0 Å². The summed E-state index contributed by atoms with van der Waals surface area (Å²) in [7, 11) is 4.22. The van der Waals surface area contributed by atoms with Crippen LogP contribution in [0.15, 0.2) is 0 Å². The lowest BCUT2D eigenvalue weighted by molar-refractivity contribution is -0.134. The number of carbonyl (C=O) groups is 1. The van der Waals surface area contributed by atoms with Crippen LogP contribution in [0.3, 0.4) is 0 Å². The van der Waals surface area contributed by atoms with E-state index >= 15 is 0 Å². The number of nitrogens with one attached hydrogen (secondary N) is 1. The third kappa shape index (κ3) is 3.42. The average Bonchev–Trinajstić information content (AvgIpc) is 2.82. The summed E-state index contributed by atoms with van der Waals surface area (Å²) < 4.78 is 0. The van der Waals surface area contributed by atoms with E-state index in [9.17, 15) is 4.79 Å². The fourth-order valence-electron chi connectivity index (χ4n) is 2.87. The molecule has 0 spiro atoms. The van der Waals surface area contributed by atoms with Gasteiger partial charge in [-0.25, -0.2) is 0 Å². The van der Waals surface area contributed by atoms with Crippen LogP contribution in [0.5, 0.6) is 0 Å². The minimum atomic E-state index is 0.366. The molecule has 0 bridgehead atoms. The van der Waals surface area contributed by atoms with Crippen molar-refractivity contribution < 1.29 is 4.79 Å². The van der Waals surface area contributed by atoms with Gasteiger partial charge in [0.05, 0.1) is 0 Å². The highest BCUT2D eigenvalue weighted by atomic mass is 16.2. The molecule has 0 aromatic rings. The SMILES string of the molecule is CN(C)C1CCCN(C(=O)CC2CCNC2)C1. The van der Waals surface area contributed by atoms with Crippen molar-refractivity contribution in [3.05, 3.63) is 0 Å². The maximum atomic E-state index is 12.2. The molecule has 2 heterocycles. The van der Waals surface area contributed by atoms with Crippen LogP contribution in [0, 0.1) is 5.92 Å². The van der Waals surface area contributed by atoms with Crippen LogP contribution in [0.2, 0.25) is 0 Å². The molecule has 2 rings (SSSR count). The number of likely N-dealkylation sites (N-methyl/N-ethyl adjacent to an activating group) is 1. The van der Waals surface area contributed by atoms with Gasteiger partial charge in [0.1, 0.15) is 0 Å². The van der Waals surface area contributed by atoms with Crippen molar-refractivity contribution in [1.29, 1.82) is 0 Å². The van der Waals surface area contributed by atoms with Gasteiger partial charge >= 0.3 is 0 Å². The molecule has 0 aromatic carbocycles. The van der Waals surface area contributed by atoms with Crippen molar-refractivity contribution >= 4 is 5.91 Å². The highest BCUT2D eigenvalue weighted by molar-refractivity contribution is 5.76. The van der Waals surface area contributed by atoms with E-state index in [4.69, 9.17) is 0 Å². The predicted molar refractivity (Wildman–Crippen MR) is 68.9 cm³/mol. The van der Waals surface area contributed by atoms with E-state index in [-0.39, 0.29) is 0 Å². The second-order valence-corrected chi connectivity index (χ2v) is 5.66. The lowest BCUT2D eigenvalue weighted by Crippen LogP contribution is -2.47. The first-order chi connectivity index (χ1) is 8.16. The van der Waals surface area contributed by atoms with Crippen LogP contribution in [0.1, 0.15) is 25.7 Å². The number of hydrogen-bond donors (Lipinski definition) is 1. The Labute approximate surface area is 104 Å². The molecule has 2 fully saturated rings. The Morgan fingerprint density at radius 3 is 2.88 bits per heavy atom. The van der Waals surface area contributed by atoms with Crippen molar-refractivity contribution in [3.8, 4) is 0 Å². The van der Waals surface area contributed by atoms with E-state index in [0.717, 1.165) is 45.4 Å². The zero-order valence-corrected chi connectivity index (χ0v) is 11.1. The van der Waals surface area contributed by atoms with Gasteiger partial charge in [0, 0.05) is 25.6 Å². The Hall–Kier alpha value is -0.610. The van der Waals surface area contributed by atoms with E-state index in [1.807, 2.05) is 0 Å². The average molecular weight is 239 g/mol. The zero-order chi connectivity index (χ0) is 12.3. The molecule has 2 aliphatic rings. The third-order valence-corrected chi connectivity index (χ3v) is 4.11. The monoisotopic (exact) mass is 239 g/mol. The number of amides is 1. The van der Waals surface area contributed by atoms with Gasteiger partial charge in [-0.05, 0) is 52.4 Å². The fourth-order valence-corrected chi connectivity index (χ4v) is 2.87. The van der Waals surface area contributed by atoms with Gasteiger partial charge < -0.3 is 15.1 Å². The summed E-state index contributed by atoms with van der Waals surface area (Å²) in [5.41, 5.74) is 0. The maximum absolute atomic E-state index is 12.2. The molecule has 0 saturated carbocycles. The summed E-state index contributed by atoms with van der Waals surface area (Å²) in [6.45, 7) is 3.99. The first-order valence-electron chi connectivity index (χ1n) is 6.81. The van der Waals surface area contributed by atoms with Crippen molar-refractivity contribution in [2.45, 2.75) is 31.7 Å². The minimum Gasteiger partial charge on any atom is -0.341 e. The zero-order valence-electron chi connectivity index (χ0n) is 11.1. The summed E-state index contributed by atoms with van der Waals surface area (Å²) in [5, 5.41) is 3.33. The number of piperidine rings is 1. The second kappa shape index (κ2) is 5.83. The lowest BCUT2D eigenvalue weighted by atomic mass is 10.0. The molecular weight excluding hydrogens is 214 g/mol. The van der Waals surface area contributed by atoms with Crippen molar-refractivity contribution in [3.63, 3.8) is 0 Å². The van der Waals surface area contributed by atoms with Crippen molar-refractivity contribution in [1.82, 2.24) is 15.1 Å². The largest absolute Gasteiger partial charge is 0.341 e. The highest BCUT2D eigenvalue weighted by Crippen LogP contribution is 2.18. The van der Waals surface area contributed by atoms with E-state index in [2.05, 4.69) is 29.2 Å². The summed E-state index contributed by atoms with van der Waals surface area (Å²) in [5.74, 6) is 0.937. The molecule has 1 N–H and O–H groups in total. The van der Waals surface area contributed by atoms with Crippen LogP contribution in [-0.4, -0.2) is 62.0 Å². The molecule has 2 saturated heterocycles. The van der Waals surface area contributed by atoms with E-state index in [0.29, 0.717) is 17.9 Å². The third-order valence-electron chi connectivity index (χ3n) is 4.11. The molecule has 1 amide bonds. The Morgan fingerprint density at radius 1 is 1.41 bits per heavy atom. The minimum absolute atomic E-state index is 0.366. The van der Waals surface area contributed by atoms with Crippen molar-refractivity contribution in [2.24, 2.45) is 5.92 Å². The fraction of sp³-hybridized carbons (Fsp3) is 0.923. The number of rotatable bonds is 3. The van der Waals surface area contributed by atoms with E-state index in [1.165, 1.54) is 6.42 Å². The standard InChI is InChI=1S/C13H25N3O/c1-15(2)12-4-3-7-16(10-12)13(17)8-11-5-6-14-9-11/h11-12,14H,3-10H2,1-2H3. The molecule has 2 aliphatic heterocycles. The summed E-state index contributed by atoms with van der Waals surface area (Å²) in [6, 6.07) is 0.550. The Kier molecular flexibility index (Phi) is 4.40. The molecule has 0 aromatic heterocycles. The lowest BCUT2D eigenvalue weighted by Gasteiger charge is -2.36. The topological polar surface area (TPSA) is 35.6 Å². The summed E-state index contributed by atoms with van der Waals surface area (Å²) in [6.07, 6.45) is 4.28. The van der Waals surface area contributed by atoms with Gasteiger partial charge in [-0.2, -0.15) is 0 Å². The Morgan fingerprint density at radius 2 is 2.24 bits per heavy atom. The molecule has 4 nitrogen and oxygen atoms in total. The molecule has 4 heteroatoms. The molecule has 17 heavy (non-hydrogen) atoms. The first-order valence-corrected chi connectivity index (χ1v) is 6.81. The van der Waals surface area contributed by atoms with Crippen LogP contribution in [-0.2, 0) is 4.79 Å². The second-order valence-electron chi connectivity index (χ2n) is 5.66. The molecule has 2 unspecified atom stereocenters. The number of likely N-dealkylation sites (tertiary alicyclic amines) is 1. The first kappa shape index (κ1) is 12.8. The Balaban J connectivity index is 1.81. The molecule has 98 valence electrons. The van der Waals surface area contributed by atoms with Crippen LogP contribution < -0.4 is 5.32 Å². The smallest absolute Gasteiger partial charge is 0.222 e. The van der Waals surface area contributed by atoms with Crippen LogP contribution in [0.25, 0.3) is 0 Å². The van der Waals surface area contributed by atoms with Gasteiger partial charge in [0.15, 0.2) is 0 Å². The number of hydrogen-bond acceptors (Lipinski definition) is 3. The van der Waals surface area contributed by atoms with Crippen LogP contribution in [0.4, 0.5) is 0 Å². The molecule has 0 aliphatic carbocycles. The summed E-state index contributed by atoms with van der Waals surface area (Å²) in [4.78, 5) is 16.5. The van der Waals surface area contributed by atoms with Crippen LogP contribution >= 0.6 is 0 Å². The van der Waals surface area contributed by atoms with Gasteiger partial charge in [0.2, 0.25) is 5.91 Å². The van der Waals surface area contributed by atoms with Gasteiger partial charge in [-0.15, -0.1) is 0 Å². The number of nitrogens with zero attached hydrogens (tertiary/aromatic N) is 2. The quantitative estimate of drug-likeness (QED) is 0.781. The molecule has 2 atom stereocenters. The van der Waals surface area contributed by atoms with Crippen molar-refractivity contribution in [2.75, 3.05) is 40.3 Å². The summed E-state index contributed by atoms with van der Waals surface area (Å²) >= 11 is 0. The van der Waals surface area contributed by atoms with Gasteiger partial charge in [0.25, 0.3) is 0 Å². The molecule has 0 radical (unpaired) electrons. The predicted octanol–water partition coefficient (Wildman–Crippen LogP) is 0.539. The van der Waals surface area contributed by atoms with E-state index < -0.39 is 0 Å². The van der Waals surface area contributed by atoms with Gasteiger partial charge in [-0.3, -0.25) is 4.79 Å².